The summed E-state index contributed by atoms with van der Waals surface area (Å²) in [4.78, 5) is 13.5. The molecule has 5 rings (SSSR count). The van der Waals surface area contributed by atoms with Crippen LogP contribution < -0.4 is 0 Å². The van der Waals surface area contributed by atoms with Crippen LogP contribution in [0.4, 0.5) is 26.3 Å². The van der Waals surface area contributed by atoms with E-state index in [1.54, 1.807) is 0 Å². The Morgan fingerprint density at radius 3 is 2.51 bits per heavy atom. The molecule has 0 radical (unpaired) electrons. The Hall–Kier alpha value is -3.34. The highest BCUT2D eigenvalue weighted by molar-refractivity contribution is 5.75. The number of halogens is 6. The summed E-state index contributed by atoms with van der Waals surface area (Å²) in [6.07, 6.45) is -5.94. The number of aliphatic hydroxyl groups excluding tert-OH is 1. The molecular formula is C24H19F6N3O2. The van der Waals surface area contributed by atoms with Crippen LogP contribution in [0, 0.1) is 17.5 Å². The van der Waals surface area contributed by atoms with Gasteiger partial charge in [0.25, 0.3) is 0 Å². The van der Waals surface area contributed by atoms with Crippen molar-refractivity contribution in [2.75, 3.05) is 6.54 Å². The zero-order valence-corrected chi connectivity index (χ0v) is 18.3. The standard InChI is InChI=1S/C24H19F6N3O2/c1-11(34)32-5-4-20-16(10-32)22(12-2-3-18(26)17(6-12)24(28,29)30)31-33(20)23-15-7-13(25)8-19(27)14(15)9-21(23)35/h2-3,6-8,21,23,35H,4-5,9-10H2,1H3/t21-,23+/m0/s1. The first-order chi connectivity index (χ1) is 16.5. The van der Waals surface area contributed by atoms with Crippen molar-refractivity contribution in [2.45, 2.75) is 44.6 Å². The zero-order valence-electron chi connectivity index (χ0n) is 18.3. The van der Waals surface area contributed by atoms with Crippen LogP contribution in [0.15, 0.2) is 30.3 Å². The number of hydrogen-bond acceptors (Lipinski definition) is 3. The Kier molecular flexibility index (Phi) is 5.42. The van der Waals surface area contributed by atoms with Crippen molar-refractivity contribution >= 4 is 5.91 Å². The SMILES string of the molecule is CC(=O)N1CCc2c(c(-c3ccc(F)c(C(F)(F)F)c3)nn2[C@@H]2c3cc(F)cc(F)c3C[C@@H]2O)C1. The monoisotopic (exact) mass is 495 g/mol. The highest BCUT2D eigenvalue weighted by Gasteiger charge is 2.40. The number of amides is 1. The van der Waals surface area contributed by atoms with Crippen LogP contribution in [-0.2, 0) is 30.4 Å². The van der Waals surface area contributed by atoms with E-state index in [9.17, 15) is 36.2 Å². The first-order valence-corrected chi connectivity index (χ1v) is 10.8. The smallest absolute Gasteiger partial charge is 0.390 e. The largest absolute Gasteiger partial charge is 0.419 e. The zero-order chi connectivity index (χ0) is 25.2. The van der Waals surface area contributed by atoms with Gasteiger partial charge < -0.3 is 10.0 Å². The molecule has 2 heterocycles. The maximum atomic E-state index is 14.4. The van der Waals surface area contributed by atoms with E-state index in [1.807, 2.05) is 0 Å². The van der Waals surface area contributed by atoms with E-state index in [0.29, 0.717) is 23.4 Å². The molecular weight excluding hydrogens is 476 g/mol. The van der Waals surface area contributed by atoms with Crippen molar-refractivity contribution in [1.82, 2.24) is 14.7 Å². The maximum Gasteiger partial charge on any atom is 0.419 e. The van der Waals surface area contributed by atoms with Crippen LogP contribution in [0.3, 0.4) is 0 Å². The minimum Gasteiger partial charge on any atom is -0.390 e. The van der Waals surface area contributed by atoms with Crippen LogP contribution in [-0.4, -0.2) is 38.3 Å². The van der Waals surface area contributed by atoms with Gasteiger partial charge in [0.05, 0.1) is 17.4 Å². The van der Waals surface area contributed by atoms with E-state index in [2.05, 4.69) is 5.10 Å². The second-order valence-corrected chi connectivity index (χ2v) is 8.77. The molecule has 11 heteroatoms. The van der Waals surface area contributed by atoms with Crippen LogP contribution in [0.1, 0.15) is 40.9 Å². The van der Waals surface area contributed by atoms with Gasteiger partial charge in [-0.25, -0.2) is 13.2 Å². The molecule has 2 aromatic carbocycles. The van der Waals surface area contributed by atoms with Gasteiger partial charge in [0.1, 0.15) is 23.5 Å². The minimum absolute atomic E-state index is 0.0303. The third-order valence-electron chi connectivity index (χ3n) is 6.63. The number of alkyl halides is 3. The molecule has 35 heavy (non-hydrogen) atoms. The van der Waals surface area contributed by atoms with Gasteiger partial charge in [-0.2, -0.15) is 18.3 Å². The summed E-state index contributed by atoms with van der Waals surface area (Å²) in [5, 5.41) is 15.3. The Bertz CT molecular complexity index is 1350. The summed E-state index contributed by atoms with van der Waals surface area (Å²) >= 11 is 0. The molecule has 1 aliphatic carbocycles. The van der Waals surface area contributed by atoms with Gasteiger partial charge >= 0.3 is 6.18 Å². The molecule has 1 amide bonds. The lowest BCUT2D eigenvalue weighted by atomic mass is 9.98. The topological polar surface area (TPSA) is 58.4 Å². The van der Waals surface area contributed by atoms with E-state index in [-0.39, 0.29) is 54.2 Å². The summed E-state index contributed by atoms with van der Waals surface area (Å²) < 4.78 is 83.9. The predicted molar refractivity (Wildman–Crippen MR) is 112 cm³/mol. The average molecular weight is 495 g/mol. The van der Waals surface area contributed by atoms with Crippen molar-refractivity contribution in [3.63, 3.8) is 0 Å². The third kappa shape index (κ3) is 3.87. The molecule has 0 saturated heterocycles. The fourth-order valence-corrected chi connectivity index (χ4v) is 4.99. The van der Waals surface area contributed by atoms with Crippen molar-refractivity contribution in [3.05, 3.63) is 75.7 Å². The molecule has 0 saturated carbocycles. The number of fused-ring (bicyclic) bond motifs is 2. The first kappa shape index (κ1) is 23.4. The molecule has 1 N–H and O–H groups in total. The second kappa shape index (κ2) is 8.11. The van der Waals surface area contributed by atoms with Gasteiger partial charge in [0.2, 0.25) is 5.91 Å². The summed E-state index contributed by atoms with van der Waals surface area (Å²) in [6.45, 7) is 1.68. The molecule has 2 atom stereocenters. The van der Waals surface area contributed by atoms with Gasteiger partial charge in [-0.05, 0) is 35.4 Å². The number of carbonyl (C=O) groups is 1. The quantitative estimate of drug-likeness (QED) is 0.537. The molecule has 0 unspecified atom stereocenters. The predicted octanol–water partition coefficient (Wildman–Crippen LogP) is 4.40. The van der Waals surface area contributed by atoms with Crippen molar-refractivity contribution in [2.24, 2.45) is 0 Å². The van der Waals surface area contributed by atoms with E-state index >= 15 is 0 Å². The average Bonchev–Trinajstić information content (AvgIpc) is 3.30. The summed E-state index contributed by atoms with van der Waals surface area (Å²) in [6, 6.07) is 3.34. The number of rotatable bonds is 2. The van der Waals surface area contributed by atoms with Gasteiger partial charge in [-0.1, -0.05) is 0 Å². The number of benzene rings is 2. The fraction of sp³-hybridized carbons (Fsp3) is 0.333. The number of aliphatic hydroxyl groups is 1. The van der Waals surface area contributed by atoms with E-state index in [1.165, 1.54) is 16.5 Å². The highest BCUT2D eigenvalue weighted by atomic mass is 19.4. The van der Waals surface area contributed by atoms with Gasteiger partial charge in [-0.3, -0.25) is 9.48 Å². The lowest BCUT2D eigenvalue weighted by molar-refractivity contribution is -0.140. The van der Waals surface area contributed by atoms with Crippen LogP contribution in [0.25, 0.3) is 11.3 Å². The van der Waals surface area contributed by atoms with Crippen molar-refractivity contribution in [3.8, 4) is 11.3 Å². The Labute approximate surface area is 195 Å². The lowest BCUT2D eigenvalue weighted by Crippen LogP contribution is -2.35. The summed E-state index contributed by atoms with van der Waals surface area (Å²) in [7, 11) is 0. The molecule has 1 aliphatic heterocycles. The second-order valence-electron chi connectivity index (χ2n) is 8.77. The maximum absolute atomic E-state index is 14.4. The van der Waals surface area contributed by atoms with Crippen molar-refractivity contribution in [1.29, 1.82) is 0 Å². The fourth-order valence-electron chi connectivity index (χ4n) is 4.99. The Balaban J connectivity index is 1.71. The number of aromatic nitrogens is 2. The van der Waals surface area contributed by atoms with Gasteiger partial charge in [0, 0.05) is 55.7 Å². The summed E-state index contributed by atoms with van der Waals surface area (Å²) in [5.41, 5.74) is -0.132. The van der Waals surface area contributed by atoms with E-state index in [4.69, 9.17) is 0 Å². The highest BCUT2D eigenvalue weighted by Crippen LogP contribution is 2.41. The normalized spacial score (nSPS) is 19.6. The molecule has 1 aromatic heterocycles. The molecule has 0 bridgehead atoms. The molecule has 5 nitrogen and oxygen atoms in total. The van der Waals surface area contributed by atoms with Crippen LogP contribution >= 0.6 is 0 Å². The van der Waals surface area contributed by atoms with Crippen LogP contribution in [0.2, 0.25) is 0 Å². The lowest BCUT2D eigenvalue weighted by Gasteiger charge is -2.28. The third-order valence-corrected chi connectivity index (χ3v) is 6.63. The summed E-state index contributed by atoms with van der Waals surface area (Å²) in [5.74, 6) is -3.33. The Morgan fingerprint density at radius 1 is 1.09 bits per heavy atom. The van der Waals surface area contributed by atoms with Crippen LogP contribution in [0.5, 0.6) is 0 Å². The van der Waals surface area contributed by atoms with E-state index in [0.717, 1.165) is 18.2 Å². The Morgan fingerprint density at radius 2 is 1.83 bits per heavy atom. The molecule has 0 fully saturated rings. The molecule has 184 valence electrons. The first-order valence-electron chi connectivity index (χ1n) is 10.8. The van der Waals surface area contributed by atoms with Crippen molar-refractivity contribution < 1.29 is 36.2 Å². The number of carbonyl (C=O) groups excluding carboxylic acids is 1. The number of nitrogens with zero attached hydrogens (tertiary/aromatic N) is 3. The molecule has 2 aliphatic rings. The molecule has 3 aromatic rings. The van der Waals surface area contributed by atoms with Gasteiger partial charge in [0.15, 0.2) is 0 Å². The van der Waals surface area contributed by atoms with Gasteiger partial charge in [-0.15, -0.1) is 0 Å². The molecule has 0 spiro atoms. The van der Waals surface area contributed by atoms with E-state index < -0.39 is 41.3 Å². The minimum atomic E-state index is -4.94. The number of hydrogen-bond donors (Lipinski definition) is 1.